The highest BCUT2D eigenvalue weighted by Crippen LogP contribution is 2.43. The molecule has 0 aromatic carbocycles. The number of aromatic amines is 1. The molecule has 158 valence electrons. The molecule has 0 bridgehead atoms. The van der Waals surface area contributed by atoms with Gasteiger partial charge in [-0.15, -0.1) is 0 Å². The smallest absolute Gasteiger partial charge is 0.383 e. The molecule has 1 saturated heterocycles. The average molecular weight is 419 g/mol. The molecular formula is C19H20F3N7O. The summed E-state index contributed by atoms with van der Waals surface area (Å²) in [7, 11) is 0. The predicted octanol–water partition coefficient (Wildman–Crippen LogP) is 2.40. The second-order valence-corrected chi connectivity index (χ2v) is 7.59. The molecule has 8 nitrogen and oxygen atoms in total. The van der Waals surface area contributed by atoms with Crippen molar-refractivity contribution in [1.82, 2.24) is 29.6 Å². The van der Waals surface area contributed by atoms with Crippen LogP contribution in [0.25, 0.3) is 11.3 Å². The lowest BCUT2D eigenvalue weighted by Gasteiger charge is -2.34. The van der Waals surface area contributed by atoms with Crippen LogP contribution in [0.4, 0.5) is 19.0 Å². The largest absolute Gasteiger partial charge is 0.420 e. The van der Waals surface area contributed by atoms with Gasteiger partial charge in [0.05, 0.1) is 31.1 Å². The molecule has 1 fully saturated rings. The van der Waals surface area contributed by atoms with E-state index in [1.165, 1.54) is 12.3 Å². The van der Waals surface area contributed by atoms with Gasteiger partial charge in [-0.3, -0.25) is 9.58 Å². The first-order chi connectivity index (χ1) is 14.4. The Bertz CT molecular complexity index is 1060. The van der Waals surface area contributed by atoms with Gasteiger partial charge in [0.15, 0.2) is 0 Å². The van der Waals surface area contributed by atoms with Crippen molar-refractivity contribution in [3.63, 3.8) is 0 Å². The van der Waals surface area contributed by atoms with Gasteiger partial charge < -0.3 is 15.5 Å². The molecule has 0 amide bonds. The third-order valence-corrected chi connectivity index (χ3v) is 5.71. The number of nitrogens with one attached hydrogen (secondary N) is 1. The lowest BCUT2D eigenvalue weighted by atomic mass is 9.95. The highest BCUT2D eigenvalue weighted by molar-refractivity contribution is 5.69. The van der Waals surface area contributed by atoms with Crippen molar-refractivity contribution in [2.45, 2.75) is 31.3 Å². The number of halogens is 3. The van der Waals surface area contributed by atoms with Crippen LogP contribution >= 0.6 is 0 Å². The van der Waals surface area contributed by atoms with E-state index < -0.39 is 23.2 Å². The summed E-state index contributed by atoms with van der Waals surface area (Å²) in [4.78, 5) is 13.2. The highest BCUT2D eigenvalue weighted by Gasteiger charge is 2.46. The van der Waals surface area contributed by atoms with E-state index in [0.717, 1.165) is 24.5 Å². The summed E-state index contributed by atoms with van der Waals surface area (Å²) in [5, 5.41) is 4.47. The number of nitrogens with two attached hydrogens (primary N) is 1. The van der Waals surface area contributed by atoms with Gasteiger partial charge in [0.25, 0.3) is 0 Å². The number of fused-ring (bicyclic) bond motifs is 2. The monoisotopic (exact) mass is 419 g/mol. The Labute approximate surface area is 169 Å². The number of nitrogens with zero attached hydrogens (tertiary/aromatic N) is 5. The fourth-order valence-electron chi connectivity index (χ4n) is 4.39. The van der Waals surface area contributed by atoms with Crippen LogP contribution < -0.4 is 5.73 Å². The molecule has 1 spiro atoms. The number of alkyl halides is 3. The second kappa shape index (κ2) is 6.81. The first-order valence-corrected chi connectivity index (χ1v) is 9.61. The number of likely N-dealkylation sites (tertiary alicyclic amines) is 1. The Kier molecular flexibility index (Phi) is 4.33. The van der Waals surface area contributed by atoms with Crippen molar-refractivity contribution >= 4 is 5.82 Å². The molecule has 5 heterocycles. The van der Waals surface area contributed by atoms with Crippen LogP contribution in [0.5, 0.6) is 0 Å². The van der Waals surface area contributed by atoms with Crippen LogP contribution in [0.2, 0.25) is 0 Å². The number of H-pyrrole nitrogens is 1. The summed E-state index contributed by atoms with van der Waals surface area (Å²) in [6.45, 7) is 2.99. The number of imidazole rings is 1. The third-order valence-electron chi connectivity index (χ3n) is 5.71. The zero-order chi connectivity index (χ0) is 20.9. The summed E-state index contributed by atoms with van der Waals surface area (Å²) in [6.07, 6.45) is 0.852. The fourth-order valence-corrected chi connectivity index (χ4v) is 4.39. The average Bonchev–Trinajstić information content (AvgIpc) is 3.42. The molecule has 2 aliphatic rings. The van der Waals surface area contributed by atoms with Gasteiger partial charge in [0.2, 0.25) is 0 Å². The van der Waals surface area contributed by atoms with E-state index in [0.29, 0.717) is 26.2 Å². The summed E-state index contributed by atoms with van der Waals surface area (Å²) < 4.78 is 48.8. The van der Waals surface area contributed by atoms with Crippen LogP contribution in [-0.2, 0) is 29.6 Å². The SMILES string of the molecule is Nc1nccc(-c2cc3n(n2)CCO[C@@]32CCN(Cc3ncc[nH]3)C2)c1C(F)(F)F. The quantitative estimate of drug-likeness (QED) is 0.677. The number of aromatic nitrogens is 5. The van der Waals surface area contributed by atoms with Crippen LogP contribution in [0.3, 0.4) is 0 Å². The van der Waals surface area contributed by atoms with Gasteiger partial charge in [-0.25, -0.2) is 9.97 Å². The number of pyridine rings is 1. The first kappa shape index (κ1) is 19.1. The fraction of sp³-hybridized carbons (Fsp3) is 0.421. The van der Waals surface area contributed by atoms with Crippen LogP contribution in [0.1, 0.15) is 23.5 Å². The van der Waals surface area contributed by atoms with E-state index in [1.807, 2.05) is 0 Å². The second-order valence-electron chi connectivity index (χ2n) is 7.59. The van der Waals surface area contributed by atoms with Crippen LogP contribution in [0.15, 0.2) is 30.7 Å². The van der Waals surface area contributed by atoms with Crippen molar-refractivity contribution in [1.29, 1.82) is 0 Å². The minimum Gasteiger partial charge on any atom is -0.383 e. The van der Waals surface area contributed by atoms with Gasteiger partial charge in [0.1, 0.15) is 22.8 Å². The van der Waals surface area contributed by atoms with Crippen molar-refractivity contribution in [2.75, 3.05) is 25.4 Å². The molecule has 3 aromatic heterocycles. The minimum absolute atomic E-state index is 0.0718. The Hall–Kier alpha value is -2.92. The van der Waals surface area contributed by atoms with Gasteiger partial charge in [-0.2, -0.15) is 18.3 Å². The first-order valence-electron chi connectivity index (χ1n) is 9.61. The molecule has 0 saturated carbocycles. The van der Waals surface area contributed by atoms with Crippen LogP contribution in [0, 0.1) is 0 Å². The van der Waals surface area contributed by atoms with E-state index in [4.69, 9.17) is 10.5 Å². The molecule has 3 aromatic rings. The van der Waals surface area contributed by atoms with Gasteiger partial charge in [-0.05, 0) is 18.6 Å². The number of anilines is 1. The molecule has 5 rings (SSSR count). The molecule has 30 heavy (non-hydrogen) atoms. The molecule has 2 aliphatic heterocycles. The number of ether oxygens (including phenoxy) is 1. The van der Waals surface area contributed by atoms with E-state index in [9.17, 15) is 13.2 Å². The van der Waals surface area contributed by atoms with Crippen molar-refractivity contribution in [3.05, 3.63) is 47.8 Å². The molecule has 1 atom stereocenters. The predicted molar refractivity (Wildman–Crippen MR) is 101 cm³/mol. The molecule has 0 unspecified atom stereocenters. The lowest BCUT2D eigenvalue weighted by molar-refractivity contribution is -0.136. The number of nitrogen functional groups attached to an aromatic ring is 1. The third kappa shape index (κ3) is 3.14. The molecular weight excluding hydrogens is 399 g/mol. The van der Waals surface area contributed by atoms with Crippen molar-refractivity contribution < 1.29 is 17.9 Å². The number of hydrogen-bond acceptors (Lipinski definition) is 6. The zero-order valence-electron chi connectivity index (χ0n) is 16.0. The number of rotatable bonds is 3. The Balaban J connectivity index is 1.50. The summed E-state index contributed by atoms with van der Waals surface area (Å²) in [5.74, 6) is 0.307. The molecule has 0 aliphatic carbocycles. The summed E-state index contributed by atoms with van der Waals surface area (Å²) in [6, 6.07) is 3.00. The van der Waals surface area contributed by atoms with Crippen molar-refractivity contribution in [3.8, 4) is 11.3 Å². The van der Waals surface area contributed by atoms with Gasteiger partial charge >= 0.3 is 6.18 Å². The maximum absolute atomic E-state index is 13.6. The Morgan fingerprint density at radius 3 is 2.87 bits per heavy atom. The van der Waals surface area contributed by atoms with E-state index >= 15 is 0 Å². The Morgan fingerprint density at radius 1 is 1.23 bits per heavy atom. The van der Waals surface area contributed by atoms with Gasteiger partial charge in [-0.1, -0.05) is 0 Å². The maximum Gasteiger partial charge on any atom is 0.420 e. The van der Waals surface area contributed by atoms with Crippen LogP contribution in [-0.4, -0.2) is 49.3 Å². The lowest BCUT2D eigenvalue weighted by Crippen LogP contribution is -2.40. The Morgan fingerprint density at radius 2 is 2.10 bits per heavy atom. The maximum atomic E-state index is 13.6. The van der Waals surface area contributed by atoms with Crippen molar-refractivity contribution in [2.24, 2.45) is 0 Å². The topological polar surface area (TPSA) is 97.9 Å². The van der Waals surface area contributed by atoms with E-state index in [-0.39, 0.29) is 11.3 Å². The number of hydrogen-bond donors (Lipinski definition) is 2. The van der Waals surface area contributed by atoms with E-state index in [2.05, 4.69) is 25.0 Å². The summed E-state index contributed by atoms with van der Waals surface area (Å²) in [5.41, 5.74) is 4.94. The van der Waals surface area contributed by atoms with Gasteiger partial charge in [0, 0.05) is 37.2 Å². The molecule has 3 N–H and O–H groups in total. The summed E-state index contributed by atoms with van der Waals surface area (Å²) >= 11 is 0. The standard InChI is InChI=1S/C19H20F3N7O/c20-19(21,22)16-12(1-3-26-17(16)23)13-9-14-18(30-8-7-29(14)27-13)2-6-28(11-18)10-15-24-4-5-25-15/h1,3-5,9H,2,6-8,10-11H2,(H2,23,26)(H,24,25)/t18-/m1/s1. The minimum atomic E-state index is -4.63. The molecule has 0 radical (unpaired) electrons. The zero-order valence-corrected chi connectivity index (χ0v) is 16.0. The normalized spacial score (nSPS) is 22.0. The highest BCUT2D eigenvalue weighted by atomic mass is 19.4. The molecule has 11 heteroatoms. The van der Waals surface area contributed by atoms with E-state index in [1.54, 1.807) is 23.1 Å².